The molecule has 0 saturated carbocycles. The lowest BCUT2D eigenvalue weighted by Gasteiger charge is -2.09. The van der Waals surface area contributed by atoms with Crippen LogP contribution in [-0.4, -0.2) is 20.7 Å². The van der Waals surface area contributed by atoms with Gasteiger partial charge in [0, 0.05) is 23.1 Å². The summed E-state index contributed by atoms with van der Waals surface area (Å²) in [5, 5.41) is 0. The number of aromatic nitrogens is 3. The highest BCUT2D eigenvalue weighted by Gasteiger charge is 2.20. The van der Waals surface area contributed by atoms with E-state index in [9.17, 15) is 4.79 Å². The molecular formula is C22H16N4O. The molecule has 0 radical (unpaired) electrons. The quantitative estimate of drug-likeness (QED) is 0.588. The molecule has 0 bridgehead atoms. The Morgan fingerprint density at radius 1 is 0.815 bits per heavy atom. The maximum Gasteiger partial charge on any atom is 0.221 e. The van der Waals surface area contributed by atoms with E-state index < -0.39 is 0 Å². The van der Waals surface area contributed by atoms with E-state index in [1.54, 1.807) is 0 Å². The van der Waals surface area contributed by atoms with Gasteiger partial charge in [0.05, 0.1) is 11.2 Å². The van der Waals surface area contributed by atoms with Gasteiger partial charge in [-0.1, -0.05) is 42.5 Å². The average Bonchev–Trinajstić information content (AvgIpc) is 3.08. The van der Waals surface area contributed by atoms with Gasteiger partial charge in [0.2, 0.25) is 5.95 Å². The van der Waals surface area contributed by atoms with Crippen LogP contribution in [0.5, 0.6) is 0 Å². The first-order valence-electron chi connectivity index (χ1n) is 8.85. The fourth-order valence-electron chi connectivity index (χ4n) is 3.61. The van der Waals surface area contributed by atoms with Crippen molar-refractivity contribution in [3.05, 3.63) is 71.8 Å². The number of anilines is 1. The monoisotopic (exact) mass is 352 g/mol. The summed E-state index contributed by atoms with van der Waals surface area (Å²) < 4.78 is 0. The lowest BCUT2D eigenvalue weighted by atomic mass is 10.0. The van der Waals surface area contributed by atoms with Gasteiger partial charge in [-0.05, 0) is 30.2 Å². The molecule has 0 amide bonds. The Balaban J connectivity index is 1.70. The van der Waals surface area contributed by atoms with Crippen molar-refractivity contribution in [3.8, 4) is 22.5 Å². The molecule has 0 atom stereocenters. The number of hydrogen-bond donors (Lipinski definition) is 1. The van der Waals surface area contributed by atoms with Crippen LogP contribution in [0.15, 0.2) is 60.7 Å². The molecule has 5 nitrogen and oxygen atoms in total. The topological polar surface area (TPSA) is 81.8 Å². The summed E-state index contributed by atoms with van der Waals surface area (Å²) in [6.07, 6.45) is 1.39. The Kier molecular flexibility index (Phi) is 3.47. The number of nitrogen functional groups attached to an aromatic ring is 1. The van der Waals surface area contributed by atoms with Crippen LogP contribution in [0.4, 0.5) is 5.95 Å². The van der Waals surface area contributed by atoms with Crippen LogP contribution in [0.25, 0.3) is 33.5 Å². The van der Waals surface area contributed by atoms with E-state index in [2.05, 4.69) is 16.0 Å². The molecule has 2 aromatic heterocycles. The zero-order chi connectivity index (χ0) is 18.4. The fraction of sp³-hybridized carbons (Fsp3) is 0.0909. The highest BCUT2D eigenvalue weighted by atomic mass is 16.1. The minimum absolute atomic E-state index is 0.221. The van der Waals surface area contributed by atoms with Crippen LogP contribution in [0.3, 0.4) is 0 Å². The summed E-state index contributed by atoms with van der Waals surface area (Å²) in [5.41, 5.74) is 12.7. The molecule has 0 saturated heterocycles. The lowest BCUT2D eigenvalue weighted by molar-refractivity contribution is 0.0994. The number of benzene rings is 2. The van der Waals surface area contributed by atoms with Crippen LogP contribution < -0.4 is 5.73 Å². The number of nitrogens with zero attached hydrogens (tertiary/aromatic N) is 3. The van der Waals surface area contributed by atoms with Crippen LogP contribution >= 0.6 is 0 Å². The Bertz CT molecular complexity index is 1200. The summed E-state index contributed by atoms with van der Waals surface area (Å²) in [7, 11) is 0. The molecule has 1 aliphatic rings. The first-order chi connectivity index (χ1) is 13.2. The van der Waals surface area contributed by atoms with Crippen molar-refractivity contribution in [3.63, 3.8) is 0 Å². The number of fused-ring (bicyclic) bond motifs is 2. The number of hydrogen-bond acceptors (Lipinski definition) is 5. The van der Waals surface area contributed by atoms with Gasteiger partial charge in [0.1, 0.15) is 11.2 Å². The highest BCUT2D eigenvalue weighted by molar-refractivity contribution is 6.01. The summed E-state index contributed by atoms with van der Waals surface area (Å²) in [4.78, 5) is 25.5. The van der Waals surface area contributed by atoms with E-state index in [-0.39, 0.29) is 11.7 Å². The molecule has 5 heteroatoms. The molecule has 1 aliphatic carbocycles. The number of nitrogens with two attached hydrogens (primary N) is 1. The third-order valence-corrected chi connectivity index (χ3v) is 4.93. The highest BCUT2D eigenvalue weighted by Crippen LogP contribution is 2.30. The van der Waals surface area contributed by atoms with Crippen molar-refractivity contribution in [2.45, 2.75) is 12.8 Å². The third kappa shape index (κ3) is 2.64. The second-order valence-corrected chi connectivity index (χ2v) is 6.66. The Morgan fingerprint density at radius 3 is 2.52 bits per heavy atom. The van der Waals surface area contributed by atoms with Gasteiger partial charge >= 0.3 is 0 Å². The maximum absolute atomic E-state index is 11.9. The molecule has 130 valence electrons. The number of aryl methyl sites for hydroxylation is 1. The number of ketones is 1. The number of pyridine rings is 1. The van der Waals surface area contributed by atoms with Gasteiger partial charge in [-0.3, -0.25) is 4.79 Å². The molecule has 2 heterocycles. The van der Waals surface area contributed by atoms with Crippen molar-refractivity contribution in [2.24, 2.45) is 0 Å². The Morgan fingerprint density at radius 2 is 1.67 bits per heavy atom. The molecule has 27 heavy (non-hydrogen) atoms. The van der Waals surface area contributed by atoms with Gasteiger partial charge in [-0.25, -0.2) is 15.0 Å². The van der Waals surface area contributed by atoms with Crippen LogP contribution in [-0.2, 0) is 6.42 Å². The molecule has 4 aromatic rings. The van der Waals surface area contributed by atoms with E-state index in [4.69, 9.17) is 10.7 Å². The van der Waals surface area contributed by atoms with E-state index in [0.717, 1.165) is 40.1 Å². The van der Waals surface area contributed by atoms with E-state index in [0.29, 0.717) is 17.5 Å². The van der Waals surface area contributed by atoms with Crippen molar-refractivity contribution in [1.29, 1.82) is 0 Å². The number of carbonyl (C=O) groups excluding carboxylic acids is 1. The number of rotatable bonds is 2. The lowest BCUT2D eigenvalue weighted by Crippen LogP contribution is -2.00. The zero-order valence-electron chi connectivity index (χ0n) is 14.5. The van der Waals surface area contributed by atoms with Crippen molar-refractivity contribution in [2.75, 3.05) is 5.73 Å². The Hall–Kier alpha value is -3.60. The molecule has 2 N–H and O–H groups in total. The summed E-state index contributed by atoms with van der Waals surface area (Å²) >= 11 is 0. The zero-order valence-corrected chi connectivity index (χ0v) is 14.5. The molecule has 0 spiro atoms. The van der Waals surface area contributed by atoms with Crippen molar-refractivity contribution in [1.82, 2.24) is 15.0 Å². The molecule has 0 unspecified atom stereocenters. The summed E-state index contributed by atoms with van der Waals surface area (Å²) in [6, 6.07) is 19.6. The minimum atomic E-state index is 0.221. The molecule has 5 rings (SSSR count). The number of Topliss-reactive ketones (excluding diaryl/α,β-unsaturated/α-hetero) is 1. The molecule has 2 aromatic carbocycles. The molecular weight excluding hydrogens is 336 g/mol. The molecule has 0 fully saturated rings. The largest absolute Gasteiger partial charge is 0.368 e. The van der Waals surface area contributed by atoms with E-state index in [1.807, 2.05) is 54.6 Å². The third-order valence-electron chi connectivity index (χ3n) is 4.93. The van der Waals surface area contributed by atoms with Gasteiger partial charge in [-0.15, -0.1) is 0 Å². The van der Waals surface area contributed by atoms with Gasteiger partial charge < -0.3 is 5.73 Å². The normalized spacial score (nSPS) is 13.1. The second-order valence-electron chi connectivity index (χ2n) is 6.66. The second kappa shape index (κ2) is 5.99. The standard InChI is InChI=1S/C22H16N4O/c23-22-25-18-10-9-17(15-6-8-16-14(12-15)7-11-19(16)27)24-21(18)20(26-22)13-4-2-1-3-5-13/h1-6,8-10,12H,7,11H2,(H2,23,25,26). The Labute approximate surface area is 155 Å². The summed E-state index contributed by atoms with van der Waals surface area (Å²) in [6.45, 7) is 0. The SMILES string of the molecule is Nc1nc(-c2ccccc2)c2nc(-c3ccc4c(c3)CCC4=O)ccc2n1. The van der Waals surface area contributed by atoms with Crippen molar-refractivity contribution >= 4 is 22.8 Å². The van der Waals surface area contributed by atoms with E-state index >= 15 is 0 Å². The van der Waals surface area contributed by atoms with Crippen molar-refractivity contribution < 1.29 is 4.79 Å². The number of carbonyl (C=O) groups is 1. The smallest absolute Gasteiger partial charge is 0.221 e. The predicted octanol–water partition coefficient (Wildman–Crippen LogP) is 4.07. The van der Waals surface area contributed by atoms with Crippen LogP contribution in [0, 0.1) is 0 Å². The van der Waals surface area contributed by atoms with Gasteiger partial charge in [0.25, 0.3) is 0 Å². The first kappa shape index (κ1) is 15.6. The van der Waals surface area contributed by atoms with Gasteiger partial charge in [0.15, 0.2) is 5.78 Å². The fourth-order valence-corrected chi connectivity index (χ4v) is 3.61. The minimum Gasteiger partial charge on any atom is -0.368 e. The van der Waals surface area contributed by atoms with Crippen LogP contribution in [0.1, 0.15) is 22.3 Å². The predicted molar refractivity (Wildman–Crippen MR) is 105 cm³/mol. The van der Waals surface area contributed by atoms with Crippen LogP contribution in [0.2, 0.25) is 0 Å². The molecule has 0 aliphatic heterocycles. The maximum atomic E-state index is 11.9. The average molecular weight is 352 g/mol. The van der Waals surface area contributed by atoms with Gasteiger partial charge in [-0.2, -0.15) is 0 Å². The van der Waals surface area contributed by atoms with E-state index in [1.165, 1.54) is 0 Å². The first-order valence-corrected chi connectivity index (χ1v) is 8.85. The summed E-state index contributed by atoms with van der Waals surface area (Å²) in [5.74, 6) is 0.449.